The maximum absolute atomic E-state index is 5.91. The van der Waals surface area contributed by atoms with Crippen molar-refractivity contribution in [3.8, 4) is 0 Å². The van der Waals surface area contributed by atoms with Gasteiger partial charge in [0.25, 0.3) is 0 Å². The molecular weight excluding hydrogens is 320 g/mol. The van der Waals surface area contributed by atoms with Gasteiger partial charge >= 0.3 is 0 Å². The molecule has 2 aromatic rings. The average molecular weight is 339 g/mol. The van der Waals surface area contributed by atoms with Crippen LogP contribution in [0.1, 0.15) is 28.3 Å². The molecule has 1 aromatic heterocycles. The van der Waals surface area contributed by atoms with Crippen molar-refractivity contribution in [2.75, 3.05) is 11.9 Å². The maximum atomic E-state index is 5.91. The van der Waals surface area contributed by atoms with Crippen LogP contribution in [0.15, 0.2) is 34.8 Å². The summed E-state index contributed by atoms with van der Waals surface area (Å²) in [6.45, 7) is 4.86. The van der Waals surface area contributed by atoms with Gasteiger partial charge in [-0.05, 0) is 49.2 Å². The molecule has 1 aromatic carbocycles. The average Bonchev–Trinajstić information content (AvgIpc) is 2.83. The van der Waals surface area contributed by atoms with Crippen LogP contribution in [0.3, 0.4) is 0 Å². The number of thiophene rings is 1. The van der Waals surface area contributed by atoms with Gasteiger partial charge in [-0.25, -0.2) is 0 Å². The van der Waals surface area contributed by atoms with E-state index in [1.165, 1.54) is 15.3 Å². The minimum atomic E-state index is 0.180. The molecule has 1 heterocycles. The van der Waals surface area contributed by atoms with Crippen LogP contribution in [0.2, 0.25) is 0 Å². The van der Waals surface area contributed by atoms with E-state index < -0.39 is 0 Å². The third-order valence-corrected chi connectivity index (χ3v) is 4.79. The van der Waals surface area contributed by atoms with Gasteiger partial charge in [-0.1, -0.05) is 22.9 Å². The number of aryl methyl sites for hydroxylation is 2. The van der Waals surface area contributed by atoms with E-state index >= 15 is 0 Å². The normalized spacial score (nSPS) is 12.4. The molecule has 2 nitrogen and oxygen atoms in total. The third kappa shape index (κ3) is 3.81. The van der Waals surface area contributed by atoms with Crippen LogP contribution in [0.25, 0.3) is 0 Å². The number of nitrogens with one attached hydrogen (secondary N) is 1. The second kappa shape index (κ2) is 6.55. The molecule has 0 aliphatic carbocycles. The predicted octanol–water partition coefficient (Wildman–Crippen LogP) is 4.49. The fourth-order valence-electron chi connectivity index (χ4n) is 2.04. The molecule has 0 bridgehead atoms. The Morgan fingerprint density at radius 3 is 2.68 bits per heavy atom. The number of hydrogen-bond acceptors (Lipinski definition) is 3. The first-order valence-electron chi connectivity index (χ1n) is 6.44. The lowest BCUT2D eigenvalue weighted by atomic mass is 10.2. The monoisotopic (exact) mass is 338 g/mol. The Labute approximate surface area is 127 Å². The molecule has 1 unspecified atom stereocenters. The molecule has 2 rings (SSSR count). The molecule has 4 heteroatoms. The van der Waals surface area contributed by atoms with Crippen molar-refractivity contribution in [3.63, 3.8) is 0 Å². The summed E-state index contributed by atoms with van der Waals surface area (Å²) >= 11 is 5.37. The molecule has 0 saturated carbocycles. The van der Waals surface area contributed by atoms with E-state index in [0.717, 1.165) is 16.6 Å². The van der Waals surface area contributed by atoms with Gasteiger partial charge in [0.1, 0.15) is 0 Å². The van der Waals surface area contributed by atoms with E-state index in [-0.39, 0.29) is 6.04 Å². The van der Waals surface area contributed by atoms with E-state index in [9.17, 15) is 0 Å². The van der Waals surface area contributed by atoms with Crippen molar-refractivity contribution in [2.45, 2.75) is 26.3 Å². The van der Waals surface area contributed by atoms with Gasteiger partial charge in [0.15, 0.2) is 0 Å². The van der Waals surface area contributed by atoms with E-state index in [1.807, 2.05) is 11.3 Å². The maximum Gasteiger partial charge on any atom is 0.0728 e. The summed E-state index contributed by atoms with van der Waals surface area (Å²) in [4.78, 5) is 2.71. The number of benzene rings is 1. The highest BCUT2D eigenvalue weighted by atomic mass is 79.9. The van der Waals surface area contributed by atoms with Crippen LogP contribution in [-0.4, -0.2) is 6.54 Å². The van der Waals surface area contributed by atoms with Crippen LogP contribution in [0.4, 0.5) is 5.69 Å². The summed E-state index contributed by atoms with van der Waals surface area (Å²) in [5.41, 5.74) is 8.25. The Morgan fingerprint density at radius 1 is 1.32 bits per heavy atom. The molecule has 3 N–H and O–H groups in total. The zero-order chi connectivity index (χ0) is 13.8. The molecular formula is C15H19BrN2S. The number of hydrogen-bond donors (Lipinski definition) is 2. The van der Waals surface area contributed by atoms with Gasteiger partial charge in [-0.3, -0.25) is 0 Å². The molecule has 0 fully saturated rings. The Morgan fingerprint density at radius 2 is 2.11 bits per heavy atom. The smallest absolute Gasteiger partial charge is 0.0728 e. The van der Waals surface area contributed by atoms with Gasteiger partial charge in [0.2, 0.25) is 0 Å². The number of anilines is 1. The summed E-state index contributed by atoms with van der Waals surface area (Å²) in [6, 6.07) is 10.9. The fraction of sp³-hybridized carbons (Fsp3) is 0.333. The fourth-order valence-corrected chi connectivity index (χ4v) is 3.66. The molecule has 19 heavy (non-hydrogen) atoms. The molecule has 0 aliphatic heterocycles. The van der Waals surface area contributed by atoms with E-state index in [1.54, 1.807) is 0 Å². The molecule has 0 spiro atoms. The number of rotatable bonds is 5. The van der Waals surface area contributed by atoms with Crippen LogP contribution in [-0.2, 0) is 6.42 Å². The van der Waals surface area contributed by atoms with E-state index in [2.05, 4.69) is 65.4 Å². The van der Waals surface area contributed by atoms with E-state index in [0.29, 0.717) is 6.54 Å². The summed E-state index contributed by atoms with van der Waals surface area (Å²) in [6.07, 6.45) is 1.08. The first-order chi connectivity index (χ1) is 9.12. The number of nitrogens with two attached hydrogens (primary N) is 1. The Balaban J connectivity index is 2.18. The van der Waals surface area contributed by atoms with Gasteiger partial charge in [-0.2, -0.15) is 0 Å². The third-order valence-electron chi connectivity index (χ3n) is 2.99. The first kappa shape index (κ1) is 14.6. The highest BCUT2D eigenvalue weighted by Crippen LogP contribution is 2.28. The van der Waals surface area contributed by atoms with Crippen molar-refractivity contribution in [3.05, 3.63) is 50.1 Å². The van der Waals surface area contributed by atoms with E-state index in [4.69, 9.17) is 5.73 Å². The van der Waals surface area contributed by atoms with Crippen LogP contribution < -0.4 is 11.1 Å². The zero-order valence-corrected chi connectivity index (χ0v) is 13.6. The van der Waals surface area contributed by atoms with Crippen molar-refractivity contribution >= 4 is 33.0 Å². The van der Waals surface area contributed by atoms with Gasteiger partial charge < -0.3 is 11.1 Å². The van der Waals surface area contributed by atoms with Crippen molar-refractivity contribution in [1.82, 2.24) is 0 Å². The summed E-state index contributed by atoms with van der Waals surface area (Å²) < 4.78 is 1.09. The summed E-state index contributed by atoms with van der Waals surface area (Å²) in [5.74, 6) is 0. The minimum Gasteiger partial charge on any atom is -0.376 e. The zero-order valence-electron chi connectivity index (χ0n) is 11.2. The molecule has 0 radical (unpaired) electrons. The van der Waals surface area contributed by atoms with Gasteiger partial charge in [0, 0.05) is 26.5 Å². The standard InChI is InChI=1S/C15H19BrN2S/c1-3-13-4-5-15(19-13)14(9-17)18-12-7-10(2)6-11(16)8-12/h4-8,14,18H,3,9,17H2,1-2H3. The first-order valence-corrected chi connectivity index (χ1v) is 8.05. The number of halogens is 1. The lowest BCUT2D eigenvalue weighted by Gasteiger charge is -2.17. The lowest BCUT2D eigenvalue weighted by molar-refractivity contribution is 0.805. The van der Waals surface area contributed by atoms with Gasteiger partial charge in [-0.15, -0.1) is 11.3 Å². The molecule has 0 saturated heterocycles. The highest BCUT2D eigenvalue weighted by molar-refractivity contribution is 9.10. The highest BCUT2D eigenvalue weighted by Gasteiger charge is 2.12. The Hall–Kier alpha value is -0.840. The quantitative estimate of drug-likeness (QED) is 0.842. The molecule has 1 atom stereocenters. The summed E-state index contributed by atoms with van der Waals surface area (Å²) in [7, 11) is 0. The molecule has 0 amide bonds. The van der Waals surface area contributed by atoms with Crippen LogP contribution in [0, 0.1) is 6.92 Å². The van der Waals surface area contributed by atoms with Crippen molar-refractivity contribution in [2.24, 2.45) is 5.73 Å². The minimum absolute atomic E-state index is 0.180. The second-order valence-electron chi connectivity index (χ2n) is 4.61. The summed E-state index contributed by atoms with van der Waals surface area (Å²) in [5, 5.41) is 3.52. The van der Waals surface area contributed by atoms with Gasteiger partial charge in [0.05, 0.1) is 6.04 Å². The topological polar surface area (TPSA) is 38.0 Å². The van der Waals surface area contributed by atoms with Crippen LogP contribution >= 0.6 is 27.3 Å². The molecule has 102 valence electrons. The largest absolute Gasteiger partial charge is 0.376 e. The Bertz CT molecular complexity index is 531. The van der Waals surface area contributed by atoms with Crippen LogP contribution in [0.5, 0.6) is 0 Å². The van der Waals surface area contributed by atoms with Crippen molar-refractivity contribution in [1.29, 1.82) is 0 Å². The predicted molar refractivity (Wildman–Crippen MR) is 88.0 cm³/mol. The van der Waals surface area contributed by atoms with Crippen molar-refractivity contribution < 1.29 is 0 Å². The lowest BCUT2D eigenvalue weighted by Crippen LogP contribution is -2.19. The Kier molecular flexibility index (Phi) is 5.02. The second-order valence-corrected chi connectivity index (χ2v) is 6.72. The SMILES string of the molecule is CCc1ccc(C(CN)Nc2cc(C)cc(Br)c2)s1. The molecule has 0 aliphatic rings.